The Bertz CT molecular complexity index is 406. The molecule has 6 heteroatoms. The molecule has 1 aromatic rings. The van der Waals surface area contributed by atoms with Gasteiger partial charge in [0.2, 0.25) is 0 Å². The van der Waals surface area contributed by atoms with Crippen molar-refractivity contribution in [2.24, 2.45) is 5.73 Å². The summed E-state index contributed by atoms with van der Waals surface area (Å²) in [6.45, 7) is -0.0262. The van der Waals surface area contributed by atoms with Crippen molar-refractivity contribution in [2.45, 2.75) is 5.54 Å². The molecular formula is C9H10N4O2. The van der Waals surface area contributed by atoms with Gasteiger partial charge in [-0.1, -0.05) is 6.07 Å². The van der Waals surface area contributed by atoms with Crippen molar-refractivity contribution >= 4 is 11.9 Å². The molecule has 1 aromatic heterocycles. The molecule has 0 unspecified atom stereocenters. The third-order valence-electron chi connectivity index (χ3n) is 2.35. The Balaban J connectivity index is 2.47. The summed E-state index contributed by atoms with van der Waals surface area (Å²) in [7, 11) is 0. The number of nitrogens with two attached hydrogens (primary N) is 1. The highest BCUT2D eigenvalue weighted by Crippen LogP contribution is 2.21. The minimum absolute atomic E-state index is 0.0262. The first-order chi connectivity index (χ1) is 7.19. The second-order valence-corrected chi connectivity index (χ2v) is 3.23. The van der Waals surface area contributed by atoms with Crippen LogP contribution in [0.2, 0.25) is 0 Å². The highest BCUT2D eigenvalue weighted by atomic mass is 16.2. The minimum Gasteiger partial charge on any atom is -0.327 e. The first kappa shape index (κ1) is 9.60. The number of imide groups is 1. The van der Waals surface area contributed by atoms with Gasteiger partial charge in [-0.05, 0) is 12.1 Å². The molecule has 15 heavy (non-hydrogen) atoms. The summed E-state index contributed by atoms with van der Waals surface area (Å²) in [5.41, 5.74) is 4.75. The lowest BCUT2D eigenvalue weighted by Crippen LogP contribution is -2.50. The van der Waals surface area contributed by atoms with Crippen LogP contribution in [0.1, 0.15) is 5.69 Å². The Hall–Kier alpha value is -1.95. The summed E-state index contributed by atoms with van der Waals surface area (Å²) in [6.07, 6.45) is 1.55. The minimum atomic E-state index is -1.22. The lowest BCUT2D eigenvalue weighted by atomic mass is 9.95. The Kier molecular flexibility index (Phi) is 2.12. The van der Waals surface area contributed by atoms with Gasteiger partial charge >= 0.3 is 6.03 Å². The van der Waals surface area contributed by atoms with E-state index in [0.29, 0.717) is 5.69 Å². The van der Waals surface area contributed by atoms with Crippen LogP contribution >= 0.6 is 0 Å². The zero-order valence-electron chi connectivity index (χ0n) is 7.86. The molecule has 1 aliphatic rings. The molecule has 3 amide bonds. The van der Waals surface area contributed by atoms with E-state index in [9.17, 15) is 9.59 Å². The van der Waals surface area contributed by atoms with E-state index < -0.39 is 17.5 Å². The fourth-order valence-corrected chi connectivity index (χ4v) is 1.54. The molecule has 0 aliphatic carbocycles. The monoisotopic (exact) mass is 206 g/mol. The molecule has 6 nitrogen and oxygen atoms in total. The van der Waals surface area contributed by atoms with Crippen LogP contribution in [-0.2, 0) is 10.3 Å². The van der Waals surface area contributed by atoms with E-state index >= 15 is 0 Å². The van der Waals surface area contributed by atoms with Crippen LogP contribution in [0.4, 0.5) is 4.79 Å². The normalized spacial score (nSPS) is 24.9. The molecule has 78 valence electrons. The number of nitrogens with one attached hydrogen (secondary N) is 2. The summed E-state index contributed by atoms with van der Waals surface area (Å²) in [5, 5.41) is 4.64. The average Bonchev–Trinajstić information content (AvgIpc) is 2.56. The number of hydrogen-bond donors (Lipinski definition) is 3. The predicted octanol–water partition coefficient (Wildman–Crippen LogP) is -0.925. The predicted molar refractivity (Wildman–Crippen MR) is 51.6 cm³/mol. The molecule has 1 aliphatic heterocycles. The van der Waals surface area contributed by atoms with Gasteiger partial charge in [0, 0.05) is 12.7 Å². The van der Waals surface area contributed by atoms with Crippen molar-refractivity contribution in [3.63, 3.8) is 0 Å². The van der Waals surface area contributed by atoms with Gasteiger partial charge in [-0.3, -0.25) is 15.1 Å². The smallest absolute Gasteiger partial charge is 0.322 e. The topological polar surface area (TPSA) is 97.1 Å². The number of pyridine rings is 1. The molecule has 0 spiro atoms. The zero-order valence-corrected chi connectivity index (χ0v) is 7.86. The van der Waals surface area contributed by atoms with Crippen LogP contribution < -0.4 is 16.4 Å². The molecule has 2 heterocycles. The lowest BCUT2D eigenvalue weighted by molar-refractivity contribution is -0.124. The molecule has 4 N–H and O–H groups in total. The van der Waals surface area contributed by atoms with Gasteiger partial charge in [-0.25, -0.2) is 4.79 Å². The molecule has 0 bridgehead atoms. The number of nitrogens with zero attached hydrogens (tertiary/aromatic N) is 1. The molecule has 0 aromatic carbocycles. The summed E-state index contributed by atoms with van der Waals surface area (Å²) < 4.78 is 0. The quantitative estimate of drug-likeness (QED) is 0.545. The summed E-state index contributed by atoms with van der Waals surface area (Å²) >= 11 is 0. The number of rotatable bonds is 2. The van der Waals surface area contributed by atoms with E-state index in [2.05, 4.69) is 15.6 Å². The van der Waals surface area contributed by atoms with Gasteiger partial charge < -0.3 is 11.1 Å². The van der Waals surface area contributed by atoms with Crippen molar-refractivity contribution in [3.05, 3.63) is 30.1 Å². The molecule has 2 rings (SSSR count). The molecule has 1 atom stereocenters. The van der Waals surface area contributed by atoms with Crippen LogP contribution in [0.25, 0.3) is 0 Å². The van der Waals surface area contributed by atoms with Crippen molar-refractivity contribution in [1.29, 1.82) is 0 Å². The fourth-order valence-electron chi connectivity index (χ4n) is 1.54. The highest BCUT2D eigenvalue weighted by Gasteiger charge is 2.47. The van der Waals surface area contributed by atoms with E-state index in [4.69, 9.17) is 5.73 Å². The second kappa shape index (κ2) is 3.32. The van der Waals surface area contributed by atoms with Gasteiger partial charge in [-0.2, -0.15) is 0 Å². The third kappa shape index (κ3) is 1.35. The van der Waals surface area contributed by atoms with Crippen LogP contribution in [0.3, 0.4) is 0 Å². The Morgan fingerprint density at radius 1 is 1.40 bits per heavy atom. The van der Waals surface area contributed by atoms with E-state index in [1.807, 2.05) is 0 Å². The number of hydrogen-bond acceptors (Lipinski definition) is 4. The molecular weight excluding hydrogens is 196 g/mol. The fraction of sp³-hybridized carbons (Fsp3) is 0.222. The van der Waals surface area contributed by atoms with Crippen LogP contribution in [0.5, 0.6) is 0 Å². The Morgan fingerprint density at radius 3 is 2.67 bits per heavy atom. The molecule has 0 radical (unpaired) electrons. The highest BCUT2D eigenvalue weighted by molar-refractivity contribution is 6.07. The number of aromatic nitrogens is 1. The number of amides is 3. The maximum Gasteiger partial charge on any atom is 0.322 e. The largest absolute Gasteiger partial charge is 0.327 e. The zero-order chi connectivity index (χ0) is 10.9. The van der Waals surface area contributed by atoms with Crippen LogP contribution in [-0.4, -0.2) is 23.5 Å². The summed E-state index contributed by atoms with van der Waals surface area (Å²) in [6, 6.07) is 4.56. The SMILES string of the molecule is NC[C@]1(c2ccccn2)NC(=O)NC1=O. The Labute approximate surface area is 85.9 Å². The molecule has 1 saturated heterocycles. The maximum absolute atomic E-state index is 11.6. The molecule has 1 fully saturated rings. The average molecular weight is 206 g/mol. The lowest BCUT2D eigenvalue weighted by Gasteiger charge is -2.22. The van der Waals surface area contributed by atoms with E-state index in [0.717, 1.165) is 0 Å². The van der Waals surface area contributed by atoms with Gasteiger partial charge in [0.25, 0.3) is 5.91 Å². The first-order valence-electron chi connectivity index (χ1n) is 4.44. The van der Waals surface area contributed by atoms with Gasteiger partial charge in [0.15, 0.2) is 5.54 Å². The number of carbonyl (C=O) groups excluding carboxylic acids is 2. The van der Waals surface area contributed by atoms with Crippen molar-refractivity contribution < 1.29 is 9.59 Å². The standard InChI is InChI=1S/C9H10N4O2/c10-5-9(6-3-1-2-4-11-6)7(14)12-8(15)13-9/h1-4H,5,10H2,(H2,12,13,14,15)/t9-/m1/s1. The first-order valence-corrected chi connectivity index (χ1v) is 4.44. The maximum atomic E-state index is 11.6. The third-order valence-corrected chi connectivity index (χ3v) is 2.35. The summed E-state index contributed by atoms with van der Waals surface area (Å²) in [5.74, 6) is -0.464. The molecule has 0 saturated carbocycles. The van der Waals surface area contributed by atoms with E-state index in [-0.39, 0.29) is 6.54 Å². The number of carbonyl (C=O) groups is 2. The second-order valence-electron chi connectivity index (χ2n) is 3.23. The van der Waals surface area contributed by atoms with Crippen molar-refractivity contribution in [1.82, 2.24) is 15.6 Å². The summed E-state index contributed by atoms with van der Waals surface area (Å²) in [4.78, 5) is 26.7. The van der Waals surface area contributed by atoms with E-state index in [1.165, 1.54) is 0 Å². The van der Waals surface area contributed by atoms with E-state index in [1.54, 1.807) is 24.4 Å². The van der Waals surface area contributed by atoms with Crippen molar-refractivity contribution in [3.8, 4) is 0 Å². The van der Waals surface area contributed by atoms with Crippen LogP contribution in [0, 0.1) is 0 Å². The Morgan fingerprint density at radius 2 is 2.20 bits per heavy atom. The number of urea groups is 1. The van der Waals surface area contributed by atoms with Gasteiger partial charge in [0.1, 0.15) is 0 Å². The van der Waals surface area contributed by atoms with Crippen molar-refractivity contribution in [2.75, 3.05) is 6.54 Å². The van der Waals surface area contributed by atoms with Crippen LogP contribution in [0.15, 0.2) is 24.4 Å². The van der Waals surface area contributed by atoms with Gasteiger partial charge in [0.05, 0.1) is 5.69 Å². The van der Waals surface area contributed by atoms with Gasteiger partial charge in [-0.15, -0.1) is 0 Å².